The SMILES string of the molecule is CC(C)(COc1ccc(C(N)=O)cc1[N+](=O)[O-])C(=O)O. The summed E-state index contributed by atoms with van der Waals surface area (Å²) in [6.07, 6.45) is 0. The van der Waals surface area contributed by atoms with Crippen molar-refractivity contribution in [2.24, 2.45) is 11.1 Å². The summed E-state index contributed by atoms with van der Waals surface area (Å²) in [6.45, 7) is 2.61. The molecule has 0 aromatic heterocycles. The number of hydrogen-bond donors (Lipinski definition) is 2. The molecule has 0 aliphatic carbocycles. The number of primary amides is 1. The molecule has 0 heterocycles. The predicted molar refractivity (Wildman–Crippen MR) is 68.5 cm³/mol. The highest BCUT2D eigenvalue weighted by molar-refractivity contribution is 5.93. The largest absolute Gasteiger partial charge is 0.486 e. The third-order valence-electron chi connectivity index (χ3n) is 2.61. The molecule has 1 amide bonds. The Kier molecular flexibility index (Phi) is 4.28. The lowest BCUT2D eigenvalue weighted by Crippen LogP contribution is -2.30. The number of rotatable bonds is 6. The van der Waals surface area contributed by atoms with Crippen molar-refractivity contribution in [1.82, 2.24) is 0 Å². The molecule has 1 aromatic rings. The minimum Gasteiger partial charge on any atom is -0.486 e. The smallest absolute Gasteiger partial charge is 0.312 e. The van der Waals surface area contributed by atoms with Crippen LogP contribution in [-0.4, -0.2) is 28.5 Å². The molecule has 3 N–H and O–H groups in total. The Bertz CT molecular complexity index is 567. The molecule has 0 aliphatic heterocycles. The zero-order valence-corrected chi connectivity index (χ0v) is 11.0. The number of hydrogen-bond acceptors (Lipinski definition) is 5. The number of nitrogens with two attached hydrogens (primary N) is 1. The third kappa shape index (κ3) is 3.44. The second-order valence-electron chi connectivity index (χ2n) is 4.78. The minimum absolute atomic E-state index is 0.0263. The lowest BCUT2D eigenvalue weighted by molar-refractivity contribution is -0.386. The maximum atomic E-state index is 11.0. The molecule has 108 valence electrons. The molecule has 0 radical (unpaired) electrons. The standard InChI is InChI=1S/C12H14N2O6/c1-12(2,11(16)17)6-20-9-4-3-7(10(13)15)5-8(9)14(18)19/h3-5H,6H2,1-2H3,(H2,13,15)(H,16,17). The number of carboxylic acids is 1. The summed E-state index contributed by atoms with van der Waals surface area (Å²) >= 11 is 0. The Hall–Kier alpha value is -2.64. The topological polar surface area (TPSA) is 133 Å². The predicted octanol–water partition coefficient (Wildman–Crippen LogP) is 1.18. The van der Waals surface area contributed by atoms with Crippen molar-refractivity contribution in [2.75, 3.05) is 6.61 Å². The van der Waals surface area contributed by atoms with Gasteiger partial charge in [0, 0.05) is 11.6 Å². The van der Waals surface area contributed by atoms with Crippen LogP contribution >= 0.6 is 0 Å². The number of carboxylic acid groups (broad SMARTS) is 1. The number of ether oxygens (including phenoxy) is 1. The molecule has 8 nitrogen and oxygen atoms in total. The highest BCUT2D eigenvalue weighted by Crippen LogP contribution is 2.29. The maximum absolute atomic E-state index is 11.0. The second kappa shape index (κ2) is 5.55. The minimum atomic E-state index is -1.20. The van der Waals surface area contributed by atoms with E-state index in [1.807, 2.05) is 0 Å². The van der Waals surface area contributed by atoms with Crippen LogP contribution < -0.4 is 10.5 Å². The van der Waals surface area contributed by atoms with Crippen molar-refractivity contribution in [3.8, 4) is 5.75 Å². The molecule has 0 saturated carbocycles. The zero-order chi connectivity index (χ0) is 15.5. The van der Waals surface area contributed by atoms with Gasteiger partial charge in [-0.3, -0.25) is 19.7 Å². The van der Waals surface area contributed by atoms with Crippen molar-refractivity contribution in [2.45, 2.75) is 13.8 Å². The lowest BCUT2D eigenvalue weighted by Gasteiger charge is -2.19. The molecular weight excluding hydrogens is 268 g/mol. The molecule has 1 rings (SSSR count). The van der Waals surface area contributed by atoms with Crippen LogP contribution in [0.15, 0.2) is 18.2 Å². The van der Waals surface area contributed by atoms with Gasteiger partial charge in [0.2, 0.25) is 5.91 Å². The number of benzene rings is 1. The van der Waals surface area contributed by atoms with Crippen molar-refractivity contribution in [3.05, 3.63) is 33.9 Å². The fraction of sp³-hybridized carbons (Fsp3) is 0.333. The molecule has 20 heavy (non-hydrogen) atoms. The molecule has 0 bridgehead atoms. The average Bonchev–Trinajstić information content (AvgIpc) is 2.35. The van der Waals surface area contributed by atoms with Gasteiger partial charge >= 0.3 is 11.7 Å². The fourth-order valence-corrected chi connectivity index (χ4v) is 1.26. The number of aliphatic carboxylic acids is 1. The quantitative estimate of drug-likeness (QED) is 0.594. The van der Waals surface area contributed by atoms with Crippen LogP contribution in [0.2, 0.25) is 0 Å². The van der Waals surface area contributed by atoms with E-state index in [0.717, 1.165) is 6.07 Å². The van der Waals surface area contributed by atoms with Gasteiger partial charge in [-0.05, 0) is 26.0 Å². The van der Waals surface area contributed by atoms with Crippen LogP contribution in [0.4, 0.5) is 5.69 Å². The van der Waals surface area contributed by atoms with E-state index in [4.69, 9.17) is 15.6 Å². The summed E-state index contributed by atoms with van der Waals surface area (Å²) < 4.78 is 5.18. The molecular formula is C12H14N2O6. The van der Waals surface area contributed by atoms with Crippen LogP contribution in [0, 0.1) is 15.5 Å². The lowest BCUT2D eigenvalue weighted by atomic mass is 9.95. The Labute approximate surface area is 114 Å². The van der Waals surface area contributed by atoms with Gasteiger partial charge in [-0.25, -0.2) is 0 Å². The van der Waals surface area contributed by atoms with Gasteiger partial charge in [-0.15, -0.1) is 0 Å². The summed E-state index contributed by atoms with van der Waals surface area (Å²) in [5.74, 6) is -2.01. The van der Waals surface area contributed by atoms with Gasteiger partial charge in [-0.2, -0.15) is 0 Å². The van der Waals surface area contributed by atoms with E-state index in [0.29, 0.717) is 0 Å². The van der Waals surface area contributed by atoms with Crippen LogP contribution in [-0.2, 0) is 4.79 Å². The number of nitro benzene ring substituents is 1. The molecule has 0 unspecified atom stereocenters. The van der Waals surface area contributed by atoms with Gasteiger partial charge in [0.1, 0.15) is 6.61 Å². The highest BCUT2D eigenvalue weighted by atomic mass is 16.6. The van der Waals surface area contributed by atoms with Gasteiger partial charge in [0.25, 0.3) is 0 Å². The van der Waals surface area contributed by atoms with Crippen molar-refractivity contribution in [3.63, 3.8) is 0 Å². The first-order valence-corrected chi connectivity index (χ1v) is 5.59. The first-order chi connectivity index (χ1) is 9.15. The normalized spacial score (nSPS) is 10.9. The summed E-state index contributed by atoms with van der Waals surface area (Å²) in [7, 11) is 0. The van der Waals surface area contributed by atoms with E-state index in [-0.39, 0.29) is 17.9 Å². The van der Waals surface area contributed by atoms with Crippen molar-refractivity contribution < 1.29 is 24.4 Å². The van der Waals surface area contributed by atoms with Gasteiger partial charge < -0.3 is 15.6 Å². The second-order valence-corrected chi connectivity index (χ2v) is 4.78. The Morgan fingerprint density at radius 3 is 2.50 bits per heavy atom. The molecule has 8 heteroatoms. The monoisotopic (exact) mass is 282 g/mol. The molecule has 0 saturated heterocycles. The third-order valence-corrected chi connectivity index (χ3v) is 2.61. The molecule has 0 atom stereocenters. The van der Waals surface area contributed by atoms with E-state index in [9.17, 15) is 19.7 Å². The Balaban J connectivity index is 3.04. The van der Waals surface area contributed by atoms with Crippen molar-refractivity contribution >= 4 is 17.6 Å². The fourth-order valence-electron chi connectivity index (χ4n) is 1.26. The Morgan fingerprint density at radius 1 is 1.45 bits per heavy atom. The summed E-state index contributed by atoms with van der Waals surface area (Å²) in [4.78, 5) is 32.1. The summed E-state index contributed by atoms with van der Waals surface area (Å²) in [5.41, 5.74) is 3.37. The van der Waals surface area contributed by atoms with E-state index in [2.05, 4.69) is 0 Å². The zero-order valence-electron chi connectivity index (χ0n) is 11.0. The first kappa shape index (κ1) is 15.4. The number of nitrogens with zero attached hydrogens (tertiary/aromatic N) is 1. The maximum Gasteiger partial charge on any atom is 0.312 e. The van der Waals surface area contributed by atoms with Gasteiger partial charge in [-0.1, -0.05) is 0 Å². The first-order valence-electron chi connectivity index (χ1n) is 5.59. The number of carbonyl (C=O) groups is 2. The number of nitro groups is 1. The van der Waals surface area contributed by atoms with Gasteiger partial charge in [0.15, 0.2) is 5.75 Å². The molecule has 0 fully saturated rings. The van der Waals surface area contributed by atoms with Crippen LogP contribution in [0.5, 0.6) is 5.75 Å². The Morgan fingerprint density at radius 2 is 2.05 bits per heavy atom. The summed E-state index contributed by atoms with van der Waals surface area (Å²) in [6, 6.07) is 3.49. The van der Waals surface area contributed by atoms with Crippen molar-refractivity contribution in [1.29, 1.82) is 0 Å². The molecule has 0 spiro atoms. The summed E-state index contributed by atoms with van der Waals surface area (Å²) in [5, 5.41) is 19.9. The molecule has 0 aliphatic rings. The van der Waals surface area contributed by atoms with Crippen LogP contribution in [0.25, 0.3) is 0 Å². The van der Waals surface area contributed by atoms with Crippen LogP contribution in [0.1, 0.15) is 24.2 Å². The number of amides is 1. The molecule has 1 aromatic carbocycles. The average molecular weight is 282 g/mol. The highest BCUT2D eigenvalue weighted by Gasteiger charge is 2.29. The van der Waals surface area contributed by atoms with E-state index in [1.54, 1.807) is 0 Å². The van der Waals surface area contributed by atoms with E-state index >= 15 is 0 Å². The van der Waals surface area contributed by atoms with Crippen LogP contribution in [0.3, 0.4) is 0 Å². The van der Waals surface area contributed by atoms with Gasteiger partial charge in [0.05, 0.1) is 10.3 Å². The van der Waals surface area contributed by atoms with E-state index < -0.39 is 27.9 Å². The number of carbonyl (C=O) groups excluding carboxylic acids is 1. The van der Waals surface area contributed by atoms with E-state index in [1.165, 1.54) is 26.0 Å².